The predicted molar refractivity (Wildman–Crippen MR) is 120 cm³/mol. The van der Waals surface area contributed by atoms with Crippen LogP contribution >= 0.6 is 0 Å². The van der Waals surface area contributed by atoms with Crippen LogP contribution in [0.3, 0.4) is 0 Å². The van der Waals surface area contributed by atoms with Gasteiger partial charge < -0.3 is 9.84 Å². The Kier molecular flexibility index (Phi) is 9.83. The van der Waals surface area contributed by atoms with E-state index in [1.807, 2.05) is 24.3 Å². The van der Waals surface area contributed by atoms with E-state index >= 15 is 0 Å². The molecule has 1 spiro atoms. The fourth-order valence-electron chi connectivity index (χ4n) is 4.81. The Labute approximate surface area is 197 Å². The third kappa shape index (κ3) is 7.21. The van der Waals surface area contributed by atoms with Gasteiger partial charge in [0.2, 0.25) is 0 Å². The first-order chi connectivity index (χ1) is 13.6. The molecule has 1 atom stereocenters. The van der Waals surface area contributed by atoms with E-state index < -0.39 is 5.97 Å². The van der Waals surface area contributed by atoms with Gasteiger partial charge in [0.15, 0.2) is 0 Å². The second-order valence-corrected chi connectivity index (χ2v) is 8.39. The second kappa shape index (κ2) is 11.8. The van der Waals surface area contributed by atoms with E-state index in [9.17, 15) is 4.79 Å². The Morgan fingerprint density at radius 1 is 1.14 bits per heavy atom. The molecule has 3 nitrogen and oxygen atoms in total. The molecule has 4 heteroatoms. The molecule has 0 bridgehead atoms. The summed E-state index contributed by atoms with van der Waals surface area (Å²) in [7, 11) is 0. The number of carboxylic acid groups (broad SMARTS) is 1. The fraction of sp³-hybridized carbons (Fsp3) is 0.560. The average Bonchev–Trinajstić information content (AvgIpc) is 2.91. The summed E-state index contributed by atoms with van der Waals surface area (Å²) in [5.74, 6) is 5.56. The van der Waals surface area contributed by atoms with E-state index in [0.29, 0.717) is 12.0 Å². The Bertz CT molecular complexity index is 747. The van der Waals surface area contributed by atoms with Gasteiger partial charge in [-0.25, -0.2) is 0 Å². The van der Waals surface area contributed by atoms with Crippen molar-refractivity contribution in [3.05, 3.63) is 41.5 Å². The normalized spacial score (nSPS) is 19.0. The van der Waals surface area contributed by atoms with Crippen LogP contribution < -0.4 is 4.74 Å². The van der Waals surface area contributed by atoms with E-state index in [2.05, 4.69) is 17.9 Å². The summed E-state index contributed by atoms with van der Waals surface area (Å²) in [6.07, 6.45) is 14.4. The van der Waals surface area contributed by atoms with Crippen molar-refractivity contribution < 1.29 is 14.6 Å². The minimum atomic E-state index is -0.829. The zero-order valence-corrected chi connectivity index (χ0v) is 17.0. The fourth-order valence-corrected chi connectivity index (χ4v) is 4.81. The molecule has 0 aliphatic heterocycles. The van der Waals surface area contributed by atoms with Gasteiger partial charge in [-0.2, -0.15) is 0 Å². The van der Waals surface area contributed by atoms with E-state index in [1.165, 1.54) is 63.4 Å². The summed E-state index contributed by atoms with van der Waals surface area (Å²) < 4.78 is 6.07. The summed E-state index contributed by atoms with van der Waals surface area (Å²) in [5.41, 5.74) is 2.90. The van der Waals surface area contributed by atoms with Gasteiger partial charge in [-0.05, 0) is 67.7 Å². The first-order valence-electron chi connectivity index (χ1n) is 10.6. The molecule has 2 aliphatic rings. The van der Waals surface area contributed by atoms with Crippen molar-refractivity contribution in [2.45, 2.75) is 77.0 Å². The average molecular weight is 405 g/mol. The van der Waals surface area contributed by atoms with Crippen LogP contribution in [0.15, 0.2) is 35.9 Å². The second-order valence-electron chi connectivity index (χ2n) is 8.39. The summed E-state index contributed by atoms with van der Waals surface area (Å²) >= 11 is 0. The van der Waals surface area contributed by atoms with Crippen LogP contribution in [0.4, 0.5) is 0 Å². The standard InChI is InChI=1S/C25H32O3.Na.H/c1-2-8-22(17-24(26)27)21-10-12-23(13-11-21)28-19-20-9-7-16-25(18-20)14-5-3-4-6-15-25;;/h9-13,22H,3-7,14-19H2,1H3,(H,26,27);;. The molecule has 1 aromatic carbocycles. The van der Waals surface area contributed by atoms with Crippen LogP contribution in [-0.4, -0.2) is 47.2 Å². The molecule has 1 N–H and O–H groups in total. The third-order valence-corrected chi connectivity index (χ3v) is 6.28. The van der Waals surface area contributed by atoms with Gasteiger partial charge in [-0.1, -0.05) is 49.8 Å². The molecule has 1 aromatic rings. The van der Waals surface area contributed by atoms with Crippen molar-refractivity contribution in [1.82, 2.24) is 0 Å². The van der Waals surface area contributed by atoms with Gasteiger partial charge in [0.05, 0.1) is 12.3 Å². The molecule has 0 saturated heterocycles. The number of ether oxygens (including phenoxy) is 1. The number of hydrogen-bond donors (Lipinski definition) is 1. The number of carboxylic acids is 1. The van der Waals surface area contributed by atoms with Crippen LogP contribution in [0.2, 0.25) is 0 Å². The monoisotopic (exact) mass is 404 g/mol. The number of rotatable bonds is 6. The van der Waals surface area contributed by atoms with Crippen LogP contribution in [0.25, 0.3) is 0 Å². The molecule has 152 valence electrons. The molecule has 29 heavy (non-hydrogen) atoms. The molecule has 0 aromatic heterocycles. The Morgan fingerprint density at radius 3 is 2.45 bits per heavy atom. The molecule has 1 unspecified atom stereocenters. The quantitative estimate of drug-likeness (QED) is 0.390. The predicted octanol–water partition coefficient (Wildman–Crippen LogP) is 5.45. The van der Waals surface area contributed by atoms with E-state index in [-0.39, 0.29) is 41.9 Å². The van der Waals surface area contributed by atoms with E-state index in [1.54, 1.807) is 6.92 Å². The maximum absolute atomic E-state index is 11.1. The molecule has 1 fully saturated rings. The van der Waals surface area contributed by atoms with Gasteiger partial charge in [-0.15, -0.1) is 5.92 Å². The molecule has 0 radical (unpaired) electrons. The van der Waals surface area contributed by atoms with Crippen molar-refractivity contribution in [3.8, 4) is 17.6 Å². The van der Waals surface area contributed by atoms with Gasteiger partial charge in [-0.3, -0.25) is 4.79 Å². The van der Waals surface area contributed by atoms with Gasteiger partial charge in [0.1, 0.15) is 12.4 Å². The zero-order valence-electron chi connectivity index (χ0n) is 17.0. The van der Waals surface area contributed by atoms with Crippen LogP contribution in [0.5, 0.6) is 5.75 Å². The van der Waals surface area contributed by atoms with Crippen molar-refractivity contribution in [3.63, 3.8) is 0 Å². The molecule has 0 heterocycles. The molecule has 2 aliphatic carbocycles. The van der Waals surface area contributed by atoms with Crippen molar-refractivity contribution >= 4 is 35.5 Å². The van der Waals surface area contributed by atoms with Crippen LogP contribution in [0.1, 0.15) is 82.6 Å². The first-order valence-corrected chi connectivity index (χ1v) is 10.6. The SMILES string of the molecule is CC#CC(CC(=O)O)c1ccc(OCC2=CCCC3(CCCCCC3)C2)cc1.[NaH]. The van der Waals surface area contributed by atoms with Gasteiger partial charge in [0.25, 0.3) is 0 Å². The first kappa shape index (κ1) is 24.1. The number of aliphatic carboxylic acids is 1. The van der Waals surface area contributed by atoms with E-state index in [0.717, 1.165) is 11.3 Å². The van der Waals surface area contributed by atoms with Crippen LogP contribution in [-0.2, 0) is 4.79 Å². The third-order valence-electron chi connectivity index (χ3n) is 6.28. The number of carbonyl (C=O) groups is 1. The Balaban J connectivity index is 0.00000300. The maximum atomic E-state index is 11.1. The number of hydrogen-bond acceptors (Lipinski definition) is 2. The number of benzene rings is 1. The minimum absolute atomic E-state index is 0. The molecule has 1 saturated carbocycles. The Morgan fingerprint density at radius 2 is 1.83 bits per heavy atom. The van der Waals surface area contributed by atoms with Crippen molar-refractivity contribution in [2.24, 2.45) is 5.41 Å². The molecule has 0 amide bonds. The molecular formula is C25H33NaO3. The number of allylic oxidation sites excluding steroid dienone is 1. The van der Waals surface area contributed by atoms with Gasteiger partial charge in [0, 0.05) is 0 Å². The van der Waals surface area contributed by atoms with Crippen LogP contribution in [0, 0.1) is 17.3 Å². The summed E-state index contributed by atoms with van der Waals surface area (Å²) in [6, 6.07) is 7.75. The summed E-state index contributed by atoms with van der Waals surface area (Å²) in [5, 5.41) is 9.08. The van der Waals surface area contributed by atoms with Gasteiger partial charge >= 0.3 is 35.5 Å². The summed E-state index contributed by atoms with van der Waals surface area (Å²) in [6.45, 7) is 2.40. The zero-order chi connectivity index (χ0) is 19.8. The molecular weight excluding hydrogens is 371 g/mol. The summed E-state index contributed by atoms with van der Waals surface area (Å²) in [4.78, 5) is 11.1. The molecule has 3 rings (SSSR count). The topological polar surface area (TPSA) is 46.5 Å². The Hall–Kier alpha value is -1.21. The van der Waals surface area contributed by atoms with Crippen molar-refractivity contribution in [2.75, 3.05) is 6.61 Å². The van der Waals surface area contributed by atoms with Crippen molar-refractivity contribution in [1.29, 1.82) is 0 Å². The van der Waals surface area contributed by atoms with E-state index in [4.69, 9.17) is 9.84 Å².